The molecule has 1 unspecified atom stereocenters. The number of morpholine rings is 1. The number of halogens is 2. The molecule has 1 aliphatic rings. The van der Waals surface area contributed by atoms with Crippen molar-refractivity contribution in [3.8, 4) is 0 Å². The van der Waals surface area contributed by atoms with Gasteiger partial charge < -0.3 is 9.64 Å². The first-order valence-corrected chi connectivity index (χ1v) is 7.06. The predicted molar refractivity (Wildman–Crippen MR) is 74.9 cm³/mol. The van der Waals surface area contributed by atoms with Crippen LogP contribution in [0.2, 0.25) is 5.02 Å². The van der Waals surface area contributed by atoms with Gasteiger partial charge in [0, 0.05) is 17.6 Å². The zero-order valence-electron chi connectivity index (χ0n) is 10.2. The van der Waals surface area contributed by atoms with Gasteiger partial charge in [0.1, 0.15) is 0 Å². The summed E-state index contributed by atoms with van der Waals surface area (Å²) in [4.78, 5) is 14.0. The number of amides is 1. The van der Waals surface area contributed by atoms with Gasteiger partial charge in [0.25, 0.3) is 0 Å². The number of ether oxygens (including phenoxy) is 1. The van der Waals surface area contributed by atoms with Gasteiger partial charge in [-0.2, -0.15) is 0 Å². The van der Waals surface area contributed by atoms with E-state index in [4.69, 9.17) is 16.3 Å². The van der Waals surface area contributed by atoms with E-state index < -0.39 is 0 Å². The van der Waals surface area contributed by atoms with Gasteiger partial charge in [-0.1, -0.05) is 17.7 Å². The van der Waals surface area contributed by atoms with E-state index in [1.807, 2.05) is 30.0 Å². The summed E-state index contributed by atoms with van der Waals surface area (Å²) in [5.74, 6) is 0.128. The molecule has 1 saturated heterocycles. The van der Waals surface area contributed by atoms with Gasteiger partial charge >= 0.3 is 0 Å². The summed E-state index contributed by atoms with van der Waals surface area (Å²) in [5, 5.41) is 0.635. The molecule has 1 fully saturated rings. The number of hydrogen-bond donors (Lipinski definition) is 0. The number of benzene rings is 1. The molecule has 3 nitrogen and oxygen atoms in total. The van der Waals surface area contributed by atoms with E-state index in [2.05, 4.69) is 15.9 Å². The Hall–Kier alpha value is -0.580. The van der Waals surface area contributed by atoms with E-state index in [0.717, 1.165) is 10.0 Å². The molecule has 1 aromatic rings. The van der Waals surface area contributed by atoms with E-state index >= 15 is 0 Å². The highest BCUT2D eigenvalue weighted by molar-refractivity contribution is 9.10. The second kappa shape index (κ2) is 6.04. The smallest absolute Gasteiger partial charge is 0.227 e. The van der Waals surface area contributed by atoms with Crippen molar-refractivity contribution >= 4 is 33.4 Å². The molecule has 0 N–H and O–H groups in total. The second-order valence-electron chi connectivity index (χ2n) is 4.45. The van der Waals surface area contributed by atoms with Gasteiger partial charge in [-0.25, -0.2) is 0 Å². The lowest BCUT2D eigenvalue weighted by Gasteiger charge is -2.31. The van der Waals surface area contributed by atoms with Gasteiger partial charge in [-0.15, -0.1) is 0 Å². The van der Waals surface area contributed by atoms with Crippen LogP contribution < -0.4 is 0 Å². The molecule has 0 saturated carbocycles. The fourth-order valence-corrected chi connectivity index (χ4v) is 2.43. The Morgan fingerprint density at radius 3 is 3.06 bits per heavy atom. The molecule has 1 aromatic carbocycles. The quantitative estimate of drug-likeness (QED) is 0.833. The Bertz CT molecular complexity index is 453. The third kappa shape index (κ3) is 3.46. The zero-order chi connectivity index (χ0) is 13.1. The molecule has 0 bridgehead atoms. The summed E-state index contributed by atoms with van der Waals surface area (Å²) in [7, 11) is 0. The fourth-order valence-electron chi connectivity index (χ4n) is 1.98. The molecule has 0 spiro atoms. The third-order valence-corrected chi connectivity index (χ3v) is 4.17. The largest absolute Gasteiger partial charge is 0.375 e. The highest BCUT2D eigenvalue weighted by Gasteiger charge is 2.21. The summed E-state index contributed by atoms with van der Waals surface area (Å²) in [6.07, 6.45) is 0.510. The molecule has 98 valence electrons. The van der Waals surface area contributed by atoms with Crippen molar-refractivity contribution in [1.82, 2.24) is 4.90 Å². The maximum Gasteiger partial charge on any atom is 0.227 e. The van der Waals surface area contributed by atoms with Crippen molar-refractivity contribution < 1.29 is 9.53 Å². The number of rotatable bonds is 2. The van der Waals surface area contributed by atoms with Crippen LogP contribution in [0.25, 0.3) is 0 Å². The fraction of sp³-hybridized carbons (Fsp3) is 0.462. The minimum absolute atomic E-state index is 0.121. The Morgan fingerprint density at radius 2 is 2.39 bits per heavy atom. The van der Waals surface area contributed by atoms with Gasteiger partial charge in [-0.3, -0.25) is 4.79 Å². The molecule has 18 heavy (non-hydrogen) atoms. The third-order valence-electron chi connectivity index (χ3n) is 2.93. The van der Waals surface area contributed by atoms with Gasteiger partial charge in [0.2, 0.25) is 5.91 Å². The molecular formula is C13H15BrClNO2. The highest BCUT2D eigenvalue weighted by atomic mass is 79.9. The maximum absolute atomic E-state index is 12.1. The van der Waals surface area contributed by atoms with Crippen LogP contribution in [0.5, 0.6) is 0 Å². The van der Waals surface area contributed by atoms with Crippen LogP contribution in [0.1, 0.15) is 12.5 Å². The van der Waals surface area contributed by atoms with Crippen molar-refractivity contribution in [1.29, 1.82) is 0 Å². The van der Waals surface area contributed by atoms with Crippen LogP contribution in [0, 0.1) is 0 Å². The lowest BCUT2D eigenvalue weighted by molar-refractivity contribution is -0.137. The summed E-state index contributed by atoms with van der Waals surface area (Å²) < 4.78 is 6.27. The van der Waals surface area contributed by atoms with Crippen LogP contribution in [-0.2, 0) is 16.0 Å². The Balaban J connectivity index is 2.00. The summed E-state index contributed by atoms with van der Waals surface area (Å²) in [6.45, 7) is 3.94. The monoisotopic (exact) mass is 331 g/mol. The van der Waals surface area contributed by atoms with Crippen molar-refractivity contribution in [3.63, 3.8) is 0 Å². The first-order chi connectivity index (χ1) is 8.56. The summed E-state index contributed by atoms with van der Waals surface area (Å²) in [6, 6.07) is 5.61. The van der Waals surface area contributed by atoms with Crippen molar-refractivity contribution in [2.45, 2.75) is 19.4 Å². The zero-order valence-corrected chi connectivity index (χ0v) is 12.5. The Morgan fingerprint density at radius 1 is 1.61 bits per heavy atom. The van der Waals surface area contributed by atoms with Crippen molar-refractivity contribution in [2.24, 2.45) is 0 Å². The second-order valence-corrected chi connectivity index (χ2v) is 5.71. The molecule has 1 aliphatic heterocycles. The van der Waals surface area contributed by atoms with Crippen molar-refractivity contribution in [2.75, 3.05) is 19.7 Å². The number of carbonyl (C=O) groups excluding carboxylic acids is 1. The van der Waals surface area contributed by atoms with E-state index in [9.17, 15) is 4.79 Å². The summed E-state index contributed by atoms with van der Waals surface area (Å²) in [5.41, 5.74) is 0.937. The van der Waals surface area contributed by atoms with Crippen LogP contribution >= 0.6 is 27.5 Å². The maximum atomic E-state index is 12.1. The molecule has 0 aliphatic carbocycles. The Labute approximate surface area is 120 Å². The standard InChI is InChI=1S/C13H15BrClNO2/c1-9-8-16(4-5-18-9)13(17)7-10-2-3-11(14)12(15)6-10/h2-3,6,9H,4-5,7-8H2,1H3. The lowest BCUT2D eigenvalue weighted by Crippen LogP contribution is -2.45. The number of carbonyl (C=O) groups is 1. The average molecular weight is 333 g/mol. The van der Waals surface area contributed by atoms with Crippen LogP contribution in [0.4, 0.5) is 0 Å². The molecule has 1 heterocycles. The molecule has 0 radical (unpaired) electrons. The Kier molecular flexibility index (Phi) is 4.65. The molecule has 2 rings (SSSR count). The van der Waals surface area contributed by atoms with Gasteiger partial charge in [0.05, 0.1) is 24.2 Å². The first kappa shape index (κ1) is 13.8. The molecule has 1 atom stereocenters. The van der Waals surface area contributed by atoms with E-state index in [1.54, 1.807) is 0 Å². The number of nitrogens with zero attached hydrogens (tertiary/aromatic N) is 1. The first-order valence-electron chi connectivity index (χ1n) is 5.89. The average Bonchev–Trinajstić information content (AvgIpc) is 2.34. The minimum Gasteiger partial charge on any atom is -0.375 e. The van der Waals surface area contributed by atoms with Gasteiger partial charge in [-0.05, 0) is 40.5 Å². The van der Waals surface area contributed by atoms with E-state index in [0.29, 0.717) is 31.1 Å². The molecule has 1 amide bonds. The minimum atomic E-state index is 0.121. The van der Waals surface area contributed by atoms with Crippen molar-refractivity contribution in [3.05, 3.63) is 33.3 Å². The summed E-state index contributed by atoms with van der Waals surface area (Å²) >= 11 is 9.35. The SMILES string of the molecule is CC1CN(C(=O)Cc2ccc(Br)c(Cl)c2)CCO1. The van der Waals surface area contributed by atoms with Crippen LogP contribution in [-0.4, -0.2) is 36.6 Å². The van der Waals surface area contributed by atoms with E-state index in [1.165, 1.54) is 0 Å². The molecule has 0 aromatic heterocycles. The number of hydrogen-bond acceptors (Lipinski definition) is 2. The normalized spacial score (nSPS) is 19.9. The molecular weight excluding hydrogens is 318 g/mol. The lowest BCUT2D eigenvalue weighted by atomic mass is 10.1. The van der Waals surface area contributed by atoms with Gasteiger partial charge in [0.15, 0.2) is 0 Å². The van der Waals surface area contributed by atoms with Crippen LogP contribution in [0.3, 0.4) is 0 Å². The highest BCUT2D eigenvalue weighted by Crippen LogP contribution is 2.23. The van der Waals surface area contributed by atoms with Crippen LogP contribution in [0.15, 0.2) is 22.7 Å². The van der Waals surface area contributed by atoms with E-state index in [-0.39, 0.29) is 12.0 Å². The molecule has 5 heteroatoms. The topological polar surface area (TPSA) is 29.5 Å². The predicted octanol–water partition coefficient (Wildman–Crippen LogP) is 2.89.